The summed E-state index contributed by atoms with van der Waals surface area (Å²) in [5, 5.41) is 225. The van der Waals surface area contributed by atoms with E-state index in [2.05, 4.69) is 0 Å². The van der Waals surface area contributed by atoms with Crippen molar-refractivity contribution >= 4 is 59.0 Å². The molecule has 41 nitrogen and oxygen atoms in total. The van der Waals surface area contributed by atoms with Gasteiger partial charge in [0.25, 0.3) is 0 Å². The number of aromatic hydroxyl groups is 4. The van der Waals surface area contributed by atoms with Crippen molar-refractivity contribution in [2.75, 3.05) is 33.0 Å². The number of esters is 4. The van der Waals surface area contributed by atoms with E-state index >= 15 is 0 Å². The Morgan fingerprint density at radius 2 is 0.707 bits per heavy atom. The van der Waals surface area contributed by atoms with Crippen LogP contribution in [0.4, 0.5) is 0 Å². The summed E-state index contributed by atoms with van der Waals surface area (Å²) in [6.07, 6.45) is -42.0. The summed E-state index contributed by atoms with van der Waals surface area (Å²) in [6.45, 7) is -4.04. The second-order valence-electron chi connectivity index (χ2n) is 26.9. The number of hydrogen-bond acceptors (Lipinski definition) is 39. The molecule has 11 rings (SSSR count). The van der Waals surface area contributed by atoms with Gasteiger partial charge in [-0.25, -0.2) is 18.8 Å². The molecular weight excluding hydrogens is 1560 g/mol. The summed E-state index contributed by atoms with van der Waals surface area (Å²) >= 11 is 0. The van der Waals surface area contributed by atoms with E-state index in [1.165, 1.54) is 91.0 Å². The van der Waals surface area contributed by atoms with Crippen molar-refractivity contribution in [3.05, 3.63) is 138 Å². The van der Waals surface area contributed by atoms with E-state index in [1.807, 2.05) is 0 Å². The number of hydrogen-bond donors (Lipinski definition) is 21. The molecule has 0 bridgehead atoms. The number of fused-ring (bicyclic) bond motifs is 1. The molecule has 5 fully saturated rings. The summed E-state index contributed by atoms with van der Waals surface area (Å²) in [4.78, 5) is 62.3. The number of phenols is 4. The fourth-order valence-corrected chi connectivity index (χ4v) is 12.2. The van der Waals surface area contributed by atoms with Crippen molar-refractivity contribution in [1.82, 2.24) is 0 Å². The Bertz CT molecular complexity index is 4460. The van der Waals surface area contributed by atoms with Crippen LogP contribution in [0, 0.1) is 0 Å². The van der Waals surface area contributed by atoms with Crippen LogP contribution < -0.4 is 23.7 Å². The summed E-state index contributed by atoms with van der Waals surface area (Å²) < 4.78 is 84.7. The smallest absolute Gasteiger partial charge is 0.402 e. The summed E-state index contributed by atoms with van der Waals surface area (Å²) in [5.41, 5.74) is 0.365. The Morgan fingerprint density at radius 1 is 0.371 bits per heavy atom. The fraction of sp³-hybridized carbons (Fsp3) is 0.413. The highest BCUT2D eigenvalue weighted by Crippen LogP contribution is 2.48. The van der Waals surface area contributed by atoms with Gasteiger partial charge in [0.05, 0.1) is 18.2 Å². The zero-order valence-corrected chi connectivity index (χ0v) is 60.0. The molecule has 6 aromatic rings. The third-order valence-corrected chi connectivity index (χ3v) is 18.6. The van der Waals surface area contributed by atoms with Gasteiger partial charge in [-0.05, 0) is 71.3 Å². The molecule has 0 radical (unpaired) electrons. The topological polar surface area (TPSA) is 651 Å². The van der Waals surface area contributed by atoms with Crippen LogP contribution in [0.25, 0.3) is 40.5 Å². The number of carboxylic acids is 1. The molecule has 5 aliphatic rings. The monoisotopic (exact) mass is 1640 g/mol. The summed E-state index contributed by atoms with van der Waals surface area (Å²) in [7, 11) is 0. The van der Waals surface area contributed by atoms with E-state index in [9.17, 15) is 126 Å². The molecule has 21 N–H and O–H groups in total. The summed E-state index contributed by atoms with van der Waals surface area (Å²) in [5.74, 6) is -11.3. The zero-order valence-electron chi connectivity index (χ0n) is 60.0. The number of ether oxygens (including phenoxy) is 14. The van der Waals surface area contributed by atoms with E-state index < -0.39 is 269 Å². The number of aliphatic hydroxyl groups excluding tert-OH is 16. The molecule has 6 heterocycles. The van der Waals surface area contributed by atoms with Gasteiger partial charge in [0.1, 0.15) is 189 Å². The molecule has 0 saturated carbocycles. The minimum atomic E-state index is -2.29. The first-order valence-corrected chi connectivity index (χ1v) is 35.3. The van der Waals surface area contributed by atoms with Crippen LogP contribution in [0.3, 0.4) is 0 Å². The lowest BCUT2D eigenvalue weighted by atomic mass is 9.99. The summed E-state index contributed by atoms with van der Waals surface area (Å²) in [6, 6.07) is 21.6. The Labute approximate surface area is 652 Å². The first-order valence-electron chi connectivity index (χ1n) is 35.3. The van der Waals surface area contributed by atoms with Crippen molar-refractivity contribution < 1.29 is 202 Å². The van der Waals surface area contributed by atoms with Crippen LogP contribution in [-0.2, 0) is 66.6 Å². The SMILES string of the molecule is O=C(O)CC(=O)OC[C@H]1O[C@@H](Oc2cc3c(O)cc(O)cc3[o+]c2-c2cc(O[C@@H]3O[C@H](COC(=O)/C=C/c4ccc(O[C@@H]5O[C@H](CO)[C@@H](O)[C@H](O)[C@H]5O)cc4)[C@@H](O)[C@H](O)[C@H]3O)c(O)c(O[C@@H]3O[C@H](COC(=O)/C=C/c4ccc(O[C@@H]5O[C@H](COC(=O)C=Cc6ccc(O)cc6)[C@@H](O)[C@H](O)[C@H]5O)cc4)[C@@H](O)[C@H](O)[C@H]3O)c2)[C@H](O)[C@@H](O)[C@@H]1O. The molecule has 1 aromatic heterocycles. The van der Waals surface area contributed by atoms with Gasteiger partial charge in [0.15, 0.2) is 11.5 Å². The minimum Gasteiger partial charge on any atom is -0.508 e. The number of carbonyl (C=O) groups excluding carboxylic acids is 4. The molecular formula is C75H81O41+. The van der Waals surface area contributed by atoms with Crippen LogP contribution in [0.1, 0.15) is 23.1 Å². The van der Waals surface area contributed by atoms with E-state index in [0.717, 1.165) is 48.6 Å². The lowest BCUT2D eigenvalue weighted by Gasteiger charge is -2.40. The predicted octanol–water partition coefficient (Wildman–Crippen LogP) is -4.08. The highest BCUT2D eigenvalue weighted by molar-refractivity contribution is 5.91. The number of rotatable bonds is 28. The van der Waals surface area contributed by atoms with E-state index in [-0.39, 0.29) is 28.2 Å². The maximum atomic E-state index is 13.3. The van der Waals surface area contributed by atoms with E-state index in [4.69, 9.17) is 75.8 Å². The maximum Gasteiger partial charge on any atom is 0.402 e. The zero-order chi connectivity index (χ0) is 83.7. The Kier molecular flexibility index (Phi) is 28.3. The molecule has 5 aromatic carbocycles. The van der Waals surface area contributed by atoms with Crippen molar-refractivity contribution in [1.29, 1.82) is 0 Å². The molecule has 0 amide bonds. The van der Waals surface area contributed by atoms with Crippen molar-refractivity contribution in [3.8, 4) is 63.1 Å². The minimum absolute atomic E-state index is 0.00602. The van der Waals surface area contributed by atoms with Crippen molar-refractivity contribution in [2.24, 2.45) is 0 Å². The lowest BCUT2D eigenvalue weighted by Crippen LogP contribution is -2.60. The normalized spacial score (nSPS) is 31.5. The second kappa shape index (κ2) is 38.0. The van der Waals surface area contributed by atoms with Crippen molar-refractivity contribution in [2.45, 2.75) is 160 Å². The van der Waals surface area contributed by atoms with Crippen LogP contribution in [0.15, 0.2) is 126 Å². The van der Waals surface area contributed by atoms with Gasteiger partial charge in [-0.15, -0.1) is 0 Å². The molecule has 5 aliphatic heterocycles. The third-order valence-electron chi connectivity index (χ3n) is 18.6. The van der Waals surface area contributed by atoms with Gasteiger partial charge in [-0.2, -0.15) is 0 Å². The molecule has 626 valence electrons. The first-order chi connectivity index (χ1) is 55.2. The van der Waals surface area contributed by atoms with Gasteiger partial charge in [0.2, 0.25) is 42.9 Å². The molecule has 0 spiro atoms. The number of phenolic OH excluding ortho intramolecular Hbond substituents is 4. The number of benzene rings is 5. The highest BCUT2D eigenvalue weighted by Gasteiger charge is 2.51. The average molecular weight is 1640 g/mol. The highest BCUT2D eigenvalue weighted by atomic mass is 16.7. The van der Waals surface area contributed by atoms with Gasteiger partial charge in [0, 0.05) is 42.5 Å². The molecule has 0 aliphatic carbocycles. The molecule has 41 heteroatoms. The molecule has 5 saturated heterocycles. The van der Waals surface area contributed by atoms with Crippen molar-refractivity contribution in [3.63, 3.8) is 0 Å². The van der Waals surface area contributed by atoms with Crippen LogP contribution >= 0.6 is 0 Å². The van der Waals surface area contributed by atoms with E-state index in [0.29, 0.717) is 16.7 Å². The Morgan fingerprint density at radius 3 is 1.08 bits per heavy atom. The molecule has 25 atom stereocenters. The predicted molar refractivity (Wildman–Crippen MR) is 379 cm³/mol. The maximum absolute atomic E-state index is 13.3. The molecule has 0 unspecified atom stereocenters. The Hall–Kier alpha value is -10.6. The number of aliphatic carboxylic acids is 1. The number of aliphatic hydroxyl groups is 16. The van der Waals surface area contributed by atoms with Crippen LogP contribution in [0.2, 0.25) is 0 Å². The fourth-order valence-electron chi connectivity index (χ4n) is 12.2. The number of carboxylic acid groups (broad SMARTS) is 1. The standard InChI is InChI=1S/C75H80O41/c76-25-44-55(87)60(92)65(97)71(112-44)106-36-12-3-31(4-13-36)8-17-51(83)103-27-46-57(89)62(94)67(99)73(114-46)109-41-19-33(70-43(23-38-39(79)21-35(78)22-40(38)108-70)111-75-69(101)64(96)59(91)48(116-75)29-105-53(85)24-49(80)81)20-42(54(41)86)110-74-68(100)63(95)58(90)47(115-74)28-104-52(84)18-9-32-5-14-37(15-6-32)107-72-66(98)61(93)56(88)45(113-72)26-102-50(82)16-7-30-1-10-34(77)11-2-30/h1-23,44-48,55-69,71-76,87-101H,24-29H2,(H4-,77,78,79,80,81,82,86)/p+1/b17-8+,18-9+/t44-,45-,46-,47-,48-,55-,56-,57-,58-,59-,60+,61+,62+,63+,64+,65-,66-,67-,68-,69-,71-,72-,73-,74-,75-/m1/s1. The average Bonchev–Trinajstić information content (AvgIpc) is 0.759. The third kappa shape index (κ3) is 20.8. The van der Waals surface area contributed by atoms with E-state index in [1.54, 1.807) is 0 Å². The lowest BCUT2D eigenvalue weighted by molar-refractivity contribution is -0.279. The van der Waals surface area contributed by atoms with Gasteiger partial charge in [-0.1, -0.05) is 36.4 Å². The Balaban J connectivity index is 0.811. The van der Waals surface area contributed by atoms with Gasteiger partial charge < -0.3 is 174 Å². The van der Waals surface area contributed by atoms with Crippen LogP contribution in [-0.4, -0.2) is 324 Å². The quantitative estimate of drug-likeness (QED) is 0.00730. The van der Waals surface area contributed by atoms with Crippen LogP contribution in [0.5, 0.6) is 51.7 Å². The van der Waals surface area contributed by atoms with Gasteiger partial charge >= 0.3 is 41.2 Å². The number of carbonyl (C=O) groups is 5. The second-order valence-corrected chi connectivity index (χ2v) is 26.9. The largest absolute Gasteiger partial charge is 0.508 e. The van der Waals surface area contributed by atoms with Gasteiger partial charge in [-0.3, -0.25) is 9.59 Å². The molecule has 116 heavy (non-hydrogen) atoms. The first kappa shape index (κ1) is 86.3.